The van der Waals surface area contributed by atoms with Gasteiger partial charge in [0.15, 0.2) is 5.82 Å². The highest BCUT2D eigenvalue weighted by molar-refractivity contribution is 5.96. The van der Waals surface area contributed by atoms with Crippen LogP contribution in [0.5, 0.6) is 0 Å². The zero-order chi connectivity index (χ0) is 17.1. The van der Waals surface area contributed by atoms with Gasteiger partial charge in [-0.3, -0.25) is 4.79 Å². The third-order valence-corrected chi connectivity index (χ3v) is 5.03. The van der Waals surface area contributed by atoms with Crippen LogP contribution in [-0.4, -0.2) is 48.3 Å². The van der Waals surface area contributed by atoms with Crippen molar-refractivity contribution in [3.63, 3.8) is 0 Å². The van der Waals surface area contributed by atoms with Crippen molar-refractivity contribution in [2.75, 3.05) is 36.0 Å². The van der Waals surface area contributed by atoms with E-state index < -0.39 is 0 Å². The van der Waals surface area contributed by atoms with Gasteiger partial charge in [0.1, 0.15) is 0 Å². The van der Waals surface area contributed by atoms with E-state index in [1.807, 2.05) is 35.2 Å². The van der Waals surface area contributed by atoms with E-state index >= 15 is 0 Å². The highest BCUT2D eigenvalue weighted by atomic mass is 16.2. The number of carbonyl (C=O) groups is 1. The number of fused-ring (bicyclic) bond motifs is 1. The van der Waals surface area contributed by atoms with Crippen LogP contribution in [0, 0.1) is 0 Å². The summed E-state index contributed by atoms with van der Waals surface area (Å²) in [5.74, 6) is 1.07. The summed E-state index contributed by atoms with van der Waals surface area (Å²) in [5, 5.41) is 11.6. The van der Waals surface area contributed by atoms with Crippen LogP contribution in [0.15, 0.2) is 42.6 Å². The normalized spacial score (nSPS) is 19.8. The summed E-state index contributed by atoms with van der Waals surface area (Å²) < 4.78 is 0. The Morgan fingerprint density at radius 1 is 1.20 bits per heavy atom. The molecule has 2 aromatic rings. The van der Waals surface area contributed by atoms with E-state index in [1.54, 1.807) is 6.20 Å². The predicted octanol–water partition coefficient (Wildman–Crippen LogP) is 1.62. The first-order chi connectivity index (χ1) is 12.3. The zero-order valence-corrected chi connectivity index (χ0v) is 14.3. The summed E-state index contributed by atoms with van der Waals surface area (Å²) in [6, 6.07) is 12.4. The molecule has 1 N–H and O–H groups in total. The van der Waals surface area contributed by atoms with Gasteiger partial charge in [-0.15, -0.1) is 5.10 Å². The number of nitrogens with zero attached hydrogens (tertiary/aromatic N) is 4. The number of nitrogens with one attached hydrogen (secondary N) is 1. The Morgan fingerprint density at radius 2 is 2.12 bits per heavy atom. The van der Waals surface area contributed by atoms with Crippen LogP contribution >= 0.6 is 0 Å². The topological polar surface area (TPSA) is 61.4 Å². The minimum Gasteiger partial charge on any atom is -0.354 e. The van der Waals surface area contributed by atoms with Gasteiger partial charge in [-0.2, -0.15) is 5.10 Å². The van der Waals surface area contributed by atoms with Crippen molar-refractivity contribution in [1.82, 2.24) is 15.5 Å². The van der Waals surface area contributed by atoms with Crippen molar-refractivity contribution >= 4 is 17.4 Å². The second kappa shape index (κ2) is 7.19. The first-order valence-electron chi connectivity index (χ1n) is 8.95. The minimum atomic E-state index is 0.154. The summed E-state index contributed by atoms with van der Waals surface area (Å²) in [5.41, 5.74) is 2.33. The van der Waals surface area contributed by atoms with Gasteiger partial charge in [-0.05, 0) is 43.0 Å². The van der Waals surface area contributed by atoms with E-state index in [9.17, 15) is 4.79 Å². The van der Waals surface area contributed by atoms with Gasteiger partial charge in [-0.1, -0.05) is 18.2 Å². The van der Waals surface area contributed by atoms with Crippen LogP contribution in [0.2, 0.25) is 0 Å². The number of para-hydroxylation sites is 1. The molecule has 3 heterocycles. The summed E-state index contributed by atoms with van der Waals surface area (Å²) >= 11 is 0. The monoisotopic (exact) mass is 337 g/mol. The van der Waals surface area contributed by atoms with Crippen LogP contribution < -0.4 is 15.1 Å². The molecule has 0 bridgehead atoms. The lowest BCUT2D eigenvalue weighted by atomic mass is 10.1. The van der Waals surface area contributed by atoms with Gasteiger partial charge >= 0.3 is 0 Å². The van der Waals surface area contributed by atoms with E-state index in [4.69, 9.17) is 0 Å². The van der Waals surface area contributed by atoms with Gasteiger partial charge in [0, 0.05) is 37.6 Å². The molecule has 1 aromatic heterocycles. The molecular weight excluding hydrogens is 314 g/mol. The van der Waals surface area contributed by atoms with Crippen LogP contribution in [0.4, 0.5) is 11.5 Å². The van der Waals surface area contributed by atoms with Crippen molar-refractivity contribution < 1.29 is 4.79 Å². The van der Waals surface area contributed by atoms with Crippen LogP contribution in [0.3, 0.4) is 0 Å². The summed E-state index contributed by atoms with van der Waals surface area (Å²) in [6.45, 7) is 3.02. The highest BCUT2D eigenvalue weighted by Gasteiger charge is 2.26. The number of rotatable bonds is 4. The molecule has 6 nitrogen and oxygen atoms in total. The van der Waals surface area contributed by atoms with E-state index in [1.165, 1.54) is 5.56 Å². The standard InChI is InChI=1S/C19H23N5O/c25-19(24-12-9-15-5-1-2-7-17(15)24)13-20-16-6-4-11-23(14-16)18-8-3-10-21-22-18/h1-3,5,7-8,10,16,20H,4,6,9,11-14H2/t16-/m1/s1. The fourth-order valence-corrected chi connectivity index (χ4v) is 3.74. The molecule has 1 fully saturated rings. The largest absolute Gasteiger partial charge is 0.354 e. The van der Waals surface area contributed by atoms with Gasteiger partial charge in [0.25, 0.3) is 0 Å². The molecule has 0 aliphatic carbocycles. The third kappa shape index (κ3) is 3.49. The average molecular weight is 337 g/mol. The van der Waals surface area contributed by atoms with Gasteiger partial charge < -0.3 is 15.1 Å². The number of anilines is 2. The molecule has 0 spiro atoms. The third-order valence-electron chi connectivity index (χ3n) is 5.03. The summed E-state index contributed by atoms with van der Waals surface area (Å²) in [7, 11) is 0. The van der Waals surface area contributed by atoms with Crippen molar-refractivity contribution in [2.45, 2.75) is 25.3 Å². The lowest BCUT2D eigenvalue weighted by Crippen LogP contribution is -2.49. The van der Waals surface area contributed by atoms with Crippen molar-refractivity contribution in [1.29, 1.82) is 0 Å². The van der Waals surface area contributed by atoms with E-state index in [0.717, 1.165) is 50.4 Å². The van der Waals surface area contributed by atoms with E-state index in [-0.39, 0.29) is 5.91 Å². The van der Waals surface area contributed by atoms with Crippen molar-refractivity contribution in [3.8, 4) is 0 Å². The summed E-state index contributed by atoms with van der Waals surface area (Å²) in [6.07, 6.45) is 4.82. The van der Waals surface area contributed by atoms with Crippen molar-refractivity contribution in [3.05, 3.63) is 48.2 Å². The number of aromatic nitrogens is 2. The molecule has 0 radical (unpaired) electrons. The Bertz CT molecular complexity index is 736. The molecule has 25 heavy (non-hydrogen) atoms. The van der Waals surface area contributed by atoms with Gasteiger partial charge in [0.2, 0.25) is 5.91 Å². The molecule has 6 heteroatoms. The molecule has 1 saturated heterocycles. The van der Waals surface area contributed by atoms with Crippen LogP contribution in [0.25, 0.3) is 0 Å². The smallest absolute Gasteiger partial charge is 0.240 e. The van der Waals surface area contributed by atoms with Crippen LogP contribution in [0.1, 0.15) is 18.4 Å². The maximum Gasteiger partial charge on any atom is 0.240 e. The van der Waals surface area contributed by atoms with Gasteiger partial charge in [-0.25, -0.2) is 0 Å². The molecule has 0 saturated carbocycles. The molecule has 1 amide bonds. The Balaban J connectivity index is 1.33. The molecule has 2 aliphatic heterocycles. The predicted molar refractivity (Wildman–Crippen MR) is 97.8 cm³/mol. The molecule has 1 aromatic carbocycles. The van der Waals surface area contributed by atoms with Crippen LogP contribution in [-0.2, 0) is 11.2 Å². The molecular formula is C19H23N5O. The quantitative estimate of drug-likeness (QED) is 0.919. The SMILES string of the molecule is O=C(CN[C@@H]1CCCN(c2cccnn2)C1)N1CCc2ccccc21. The molecule has 2 aliphatic rings. The number of carbonyl (C=O) groups excluding carboxylic acids is 1. The Hall–Kier alpha value is -2.47. The van der Waals surface area contributed by atoms with Gasteiger partial charge in [0.05, 0.1) is 6.54 Å². The summed E-state index contributed by atoms with van der Waals surface area (Å²) in [4.78, 5) is 16.8. The average Bonchev–Trinajstić information content (AvgIpc) is 3.11. The number of amides is 1. The number of hydrogen-bond acceptors (Lipinski definition) is 5. The fourth-order valence-electron chi connectivity index (χ4n) is 3.74. The van der Waals surface area contributed by atoms with Crippen molar-refractivity contribution in [2.24, 2.45) is 0 Å². The lowest BCUT2D eigenvalue weighted by molar-refractivity contribution is -0.117. The Morgan fingerprint density at radius 3 is 3.00 bits per heavy atom. The second-order valence-corrected chi connectivity index (χ2v) is 6.67. The lowest BCUT2D eigenvalue weighted by Gasteiger charge is -2.34. The first kappa shape index (κ1) is 16.0. The molecule has 0 unspecified atom stereocenters. The second-order valence-electron chi connectivity index (χ2n) is 6.67. The number of piperidine rings is 1. The van der Waals surface area contributed by atoms with E-state index in [2.05, 4.69) is 26.5 Å². The molecule has 130 valence electrons. The first-order valence-corrected chi connectivity index (χ1v) is 8.95. The van der Waals surface area contributed by atoms with E-state index in [0.29, 0.717) is 12.6 Å². The fraction of sp³-hybridized carbons (Fsp3) is 0.421. The number of hydrogen-bond donors (Lipinski definition) is 1. The minimum absolute atomic E-state index is 0.154. The number of benzene rings is 1. The Kier molecular flexibility index (Phi) is 4.61. The highest BCUT2D eigenvalue weighted by Crippen LogP contribution is 2.27. The molecule has 1 atom stereocenters. The Labute approximate surface area is 147 Å². The molecule has 4 rings (SSSR count). The zero-order valence-electron chi connectivity index (χ0n) is 14.3. The maximum atomic E-state index is 12.6. The maximum absolute atomic E-state index is 12.6.